The van der Waals surface area contributed by atoms with Gasteiger partial charge in [0.05, 0.1) is 18.7 Å². The highest BCUT2D eigenvalue weighted by Crippen LogP contribution is 2.24. The van der Waals surface area contributed by atoms with Gasteiger partial charge in [-0.05, 0) is 43.0 Å². The van der Waals surface area contributed by atoms with Crippen LogP contribution in [0.1, 0.15) is 24.5 Å². The first-order chi connectivity index (χ1) is 12.5. The Morgan fingerprint density at radius 1 is 1.38 bits per heavy atom. The number of amides is 1. The molecule has 6 heteroatoms. The maximum Gasteiger partial charge on any atom is 0.247 e. The zero-order chi connectivity index (χ0) is 18.7. The second-order valence-corrected chi connectivity index (χ2v) is 6.84. The standard InChI is InChI=1S/C20H26N4O2/c1-14-6-4-5-7-18(14)15(2)10-20(25)24-13-17(26-3)11-16(24)12-23-9-8-19(21)22-23/h4-10,16-17H,11-13H2,1-3H3,(H2,21,22)/b15-10+/t16-,17-/m0/s1. The number of allylic oxidation sites excluding steroid dienone is 1. The van der Waals surface area contributed by atoms with Crippen molar-refractivity contribution >= 4 is 17.3 Å². The van der Waals surface area contributed by atoms with E-state index in [1.54, 1.807) is 23.9 Å². The molecule has 1 aromatic heterocycles. The molecule has 0 unspecified atom stereocenters. The van der Waals surface area contributed by atoms with Crippen molar-refractivity contribution in [2.45, 2.75) is 39.0 Å². The fraction of sp³-hybridized carbons (Fsp3) is 0.400. The van der Waals surface area contributed by atoms with Crippen molar-refractivity contribution in [3.63, 3.8) is 0 Å². The molecule has 1 aliphatic heterocycles. The van der Waals surface area contributed by atoms with Crippen LogP contribution in [0.2, 0.25) is 0 Å². The molecule has 1 fully saturated rings. The van der Waals surface area contributed by atoms with E-state index >= 15 is 0 Å². The highest BCUT2D eigenvalue weighted by atomic mass is 16.5. The molecule has 2 atom stereocenters. The van der Waals surface area contributed by atoms with Gasteiger partial charge >= 0.3 is 0 Å². The molecule has 1 aromatic carbocycles. The Kier molecular flexibility index (Phi) is 5.42. The summed E-state index contributed by atoms with van der Waals surface area (Å²) < 4.78 is 7.29. The average molecular weight is 354 g/mol. The molecule has 3 rings (SSSR count). The van der Waals surface area contributed by atoms with Crippen molar-refractivity contribution in [3.05, 3.63) is 53.7 Å². The molecule has 2 N–H and O–H groups in total. The number of ether oxygens (including phenoxy) is 1. The van der Waals surface area contributed by atoms with Gasteiger partial charge in [0, 0.05) is 25.9 Å². The number of carbonyl (C=O) groups excluding carboxylic acids is 1. The molecule has 0 aliphatic carbocycles. The Balaban J connectivity index is 1.78. The quantitative estimate of drug-likeness (QED) is 0.837. The van der Waals surface area contributed by atoms with Crippen LogP contribution in [0.3, 0.4) is 0 Å². The highest BCUT2D eigenvalue weighted by Gasteiger charge is 2.35. The van der Waals surface area contributed by atoms with E-state index in [-0.39, 0.29) is 18.1 Å². The molecule has 1 saturated heterocycles. The Hall–Kier alpha value is -2.60. The van der Waals surface area contributed by atoms with E-state index in [0.717, 1.165) is 23.1 Å². The first kappa shape index (κ1) is 18.2. The molecule has 138 valence electrons. The van der Waals surface area contributed by atoms with Gasteiger partial charge in [-0.2, -0.15) is 5.10 Å². The van der Waals surface area contributed by atoms with E-state index in [0.29, 0.717) is 18.9 Å². The number of nitrogen functional groups attached to an aromatic ring is 1. The molecule has 26 heavy (non-hydrogen) atoms. The van der Waals surface area contributed by atoms with E-state index < -0.39 is 0 Å². The largest absolute Gasteiger partial charge is 0.382 e. The molecular formula is C20H26N4O2. The fourth-order valence-electron chi connectivity index (χ4n) is 3.54. The van der Waals surface area contributed by atoms with Crippen molar-refractivity contribution in [3.8, 4) is 0 Å². The molecule has 1 aliphatic rings. The predicted molar refractivity (Wildman–Crippen MR) is 102 cm³/mol. The predicted octanol–water partition coefficient (Wildman–Crippen LogP) is 2.49. The topological polar surface area (TPSA) is 73.4 Å². The molecule has 0 saturated carbocycles. The van der Waals surface area contributed by atoms with E-state index in [1.807, 2.05) is 36.2 Å². The van der Waals surface area contributed by atoms with Crippen LogP contribution < -0.4 is 5.73 Å². The van der Waals surface area contributed by atoms with Crippen molar-refractivity contribution in [2.24, 2.45) is 0 Å². The van der Waals surface area contributed by atoms with Crippen molar-refractivity contribution < 1.29 is 9.53 Å². The minimum absolute atomic E-state index is 0.00966. The van der Waals surface area contributed by atoms with Crippen molar-refractivity contribution in [2.75, 3.05) is 19.4 Å². The van der Waals surface area contributed by atoms with Crippen LogP contribution in [0.25, 0.3) is 5.57 Å². The minimum atomic E-state index is 0.00966. The van der Waals surface area contributed by atoms with Crippen LogP contribution in [0.15, 0.2) is 42.6 Å². The summed E-state index contributed by atoms with van der Waals surface area (Å²) in [6, 6.07) is 9.89. The Morgan fingerprint density at radius 3 is 2.81 bits per heavy atom. The van der Waals surface area contributed by atoms with Crippen LogP contribution in [0.4, 0.5) is 5.82 Å². The van der Waals surface area contributed by atoms with Gasteiger partial charge in [0.15, 0.2) is 0 Å². The zero-order valence-corrected chi connectivity index (χ0v) is 15.6. The van der Waals surface area contributed by atoms with Crippen LogP contribution in [0, 0.1) is 6.92 Å². The molecule has 0 spiro atoms. The third-order valence-corrected chi connectivity index (χ3v) is 4.96. The smallest absolute Gasteiger partial charge is 0.247 e. The second-order valence-electron chi connectivity index (χ2n) is 6.84. The lowest BCUT2D eigenvalue weighted by atomic mass is 10.0. The first-order valence-corrected chi connectivity index (χ1v) is 8.84. The molecule has 0 bridgehead atoms. The van der Waals surface area contributed by atoms with E-state index in [2.05, 4.69) is 18.1 Å². The normalized spacial score (nSPS) is 20.6. The van der Waals surface area contributed by atoms with Crippen LogP contribution in [-0.2, 0) is 16.1 Å². The average Bonchev–Trinajstić information content (AvgIpc) is 3.21. The number of likely N-dealkylation sites (tertiary alicyclic amines) is 1. The number of hydrogen-bond donors (Lipinski definition) is 1. The van der Waals surface area contributed by atoms with E-state index in [1.165, 1.54) is 0 Å². The van der Waals surface area contributed by atoms with Gasteiger partial charge in [-0.25, -0.2) is 0 Å². The lowest BCUT2D eigenvalue weighted by molar-refractivity contribution is -0.127. The summed E-state index contributed by atoms with van der Waals surface area (Å²) in [5.41, 5.74) is 8.93. The number of methoxy groups -OCH3 is 1. The van der Waals surface area contributed by atoms with Gasteiger partial charge in [0.25, 0.3) is 0 Å². The molecule has 1 amide bonds. The van der Waals surface area contributed by atoms with Gasteiger partial charge in [-0.3, -0.25) is 9.48 Å². The maximum absolute atomic E-state index is 12.9. The second kappa shape index (κ2) is 7.74. The number of nitrogens with two attached hydrogens (primary N) is 1. The summed E-state index contributed by atoms with van der Waals surface area (Å²) in [4.78, 5) is 14.8. The van der Waals surface area contributed by atoms with Crippen molar-refractivity contribution in [1.82, 2.24) is 14.7 Å². The van der Waals surface area contributed by atoms with Gasteiger partial charge in [-0.1, -0.05) is 24.3 Å². The molecule has 0 radical (unpaired) electrons. The third kappa shape index (κ3) is 3.96. The zero-order valence-electron chi connectivity index (χ0n) is 15.6. The van der Waals surface area contributed by atoms with Crippen LogP contribution in [0.5, 0.6) is 0 Å². The third-order valence-electron chi connectivity index (χ3n) is 4.96. The van der Waals surface area contributed by atoms with Gasteiger partial charge in [-0.15, -0.1) is 0 Å². The molecule has 6 nitrogen and oxygen atoms in total. The number of anilines is 1. The van der Waals surface area contributed by atoms with Crippen LogP contribution in [-0.4, -0.2) is 46.4 Å². The first-order valence-electron chi connectivity index (χ1n) is 8.84. The summed E-state index contributed by atoms with van der Waals surface area (Å²) in [6.07, 6.45) is 4.40. The number of hydrogen-bond acceptors (Lipinski definition) is 4. The van der Waals surface area contributed by atoms with Gasteiger partial charge in [0.1, 0.15) is 5.82 Å². The molecule has 2 aromatic rings. The summed E-state index contributed by atoms with van der Waals surface area (Å²) in [5.74, 6) is 0.495. The SMILES string of the molecule is CO[C@H]1C[C@@H](Cn2ccc(N)n2)N(C(=O)/C=C(\C)c2ccccc2C)C1. The Bertz CT molecular complexity index is 812. The summed E-state index contributed by atoms with van der Waals surface area (Å²) >= 11 is 0. The maximum atomic E-state index is 12.9. The van der Waals surface area contributed by atoms with Crippen molar-refractivity contribution in [1.29, 1.82) is 0 Å². The number of benzene rings is 1. The van der Waals surface area contributed by atoms with Gasteiger partial charge < -0.3 is 15.4 Å². The van der Waals surface area contributed by atoms with E-state index in [4.69, 9.17) is 10.5 Å². The molecule has 2 heterocycles. The number of aryl methyl sites for hydroxylation is 1. The molecular weight excluding hydrogens is 328 g/mol. The van der Waals surface area contributed by atoms with Crippen LogP contribution >= 0.6 is 0 Å². The summed E-state index contributed by atoms with van der Waals surface area (Å²) in [7, 11) is 1.69. The van der Waals surface area contributed by atoms with E-state index in [9.17, 15) is 4.79 Å². The lowest BCUT2D eigenvalue weighted by Gasteiger charge is -2.23. The number of rotatable bonds is 5. The summed E-state index contributed by atoms with van der Waals surface area (Å²) in [5, 5.41) is 4.24. The number of aromatic nitrogens is 2. The Labute approximate surface area is 154 Å². The highest BCUT2D eigenvalue weighted by molar-refractivity contribution is 5.95. The minimum Gasteiger partial charge on any atom is -0.382 e. The fourth-order valence-corrected chi connectivity index (χ4v) is 3.54. The lowest BCUT2D eigenvalue weighted by Crippen LogP contribution is -2.37. The monoisotopic (exact) mass is 354 g/mol. The summed E-state index contributed by atoms with van der Waals surface area (Å²) in [6.45, 7) is 5.24. The number of carbonyl (C=O) groups is 1. The Morgan fingerprint density at radius 2 is 2.15 bits per heavy atom. The van der Waals surface area contributed by atoms with Gasteiger partial charge in [0.2, 0.25) is 5.91 Å². The number of nitrogens with zero attached hydrogens (tertiary/aromatic N) is 3.